The van der Waals surface area contributed by atoms with Crippen LogP contribution in [0.4, 0.5) is 5.82 Å². The van der Waals surface area contributed by atoms with Gasteiger partial charge in [0.2, 0.25) is 0 Å². The van der Waals surface area contributed by atoms with E-state index >= 15 is 0 Å². The molecule has 2 heterocycles. The predicted octanol–water partition coefficient (Wildman–Crippen LogP) is 3.51. The van der Waals surface area contributed by atoms with Gasteiger partial charge in [0.25, 0.3) is 0 Å². The van der Waals surface area contributed by atoms with Crippen molar-refractivity contribution in [2.75, 3.05) is 31.7 Å². The zero-order valence-corrected chi connectivity index (χ0v) is 14.5. The zero-order chi connectivity index (χ0) is 17.5. The Labute approximate surface area is 148 Å². The first-order valence-corrected chi connectivity index (χ1v) is 8.67. The van der Waals surface area contributed by atoms with Crippen LogP contribution in [0.5, 0.6) is 5.75 Å². The Morgan fingerprint density at radius 3 is 2.68 bits per heavy atom. The van der Waals surface area contributed by atoms with Gasteiger partial charge < -0.3 is 14.8 Å². The van der Waals surface area contributed by atoms with Crippen molar-refractivity contribution in [3.8, 4) is 11.8 Å². The largest absolute Gasteiger partial charge is 0.494 e. The molecule has 2 aromatic rings. The van der Waals surface area contributed by atoms with Crippen LogP contribution >= 0.6 is 0 Å². The Bertz CT molecular complexity index is 731. The van der Waals surface area contributed by atoms with Crippen LogP contribution in [0.3, 0.4) is 0 Å². The Morgan fingerprint density at radius 2 is 2.00 bits per heavy atom. The van der Waals surface area contributed by atoms with Gasteiger partial charge in [-0.25, -0.2) is 4.98 Å². The molecule has 25 heavy (non-hydrogen) atoms. The van der Waals surface area contributed by atoms with Crippen molar-refractivity contribution in [1.29, 1.82) is 5.26 Å². The molecule has 5 nitrogen and oxygen atoms in total. The first-order valence-electron chi connectivity index (χ1n) is 8.67. The number of nitrogens with zero attached hydrogens (tertiary/aromatic N) is 2. The van der Waals surface area contributed by atoms with Crippen LogP contribution < -0.4 is 10.1 Å². The predicted molar refractivity (Wildman–Crippen MR) is 96.8 cm³/mol. The molecular weight excluding hydrogens is 314 g/mol. The van der Waals surface area contributed by atoms with E-state index in [1.54, 1.807) is 18.3 Å². The van der Waals surface area contributed by atoms with E-state index in [0.717, 1.165) is 38.3 Å². The molecule has 1 aliphatic heterocycles. The van der Waals surface area contributed by atoms with E-state index in [9.17, 15) is 5.26 Å². The molecule has 0 radical (unpaired) electrons. The van der Waals surface area contributed by atoms with E-state index in [-0.39, 0.29) is 5.41 Å². The lowest BCUT2D eigenvalue weighted by Crippen LogP contribution is -2.40. The highest BCUT2D eigenvalue weighted by Crippen LogP contribution is 2.36. The Kier molecular flexibility index (Phi) is 5.52. The van der Waals surface area contributed by atoms with Gasteiger partial charge in [-0.3, -0.25) is 0 Å². The molecule has 0 saturated carbocycles. The Morgan fingerprint density at radius 1 is 1.24 bits per heavy atom. The van der Waals surface area contributed by atoms with Gasteiger partial charge in [0.1, 0.15) is 17.6 Å². The molecule has 0 unspecified atom stereocenters. The van der Waals surface area contributed by atoms with Crippen LogP contribution in [-0.4, -0.2) is 31.3 Å². The summed E-state index contributed by atoms with van der Waals surface area (Å²) in [5, 5.41) is 12.6. The number of aromatic nitrogens is 1. The summed E-state index contributed by atoms with van der Waals surface area (Å²) in [7, 11) is 0. The zero-order valence-electron chi connectivity index (χ0n) is 14.5. The van der Waals surface area contributed by atoms with Crippen LogP contribution in [0.25, 0.3) is 0 Å². The van der Waals surface area contributed by atoms with Crippen molar-refractivity contribution in [2.24, 2.45) is 0 Å². The lowest BCUT2D eigenvalue weighted by molar-refractivity contribution is 0.0543. The van der Waals surface area contributed by atoms with Gasteiger partial charge in [-0.15, -0.1) is 0 Å². The molecule has 0 aliphatic carbocycles. The van der Waals surface area contributed by atoms with Gasteiger partial charge in [0, 0.05) is 31.4 Å². The normalized spacial score (nSPS) is 16.0. The number of anilines is 1. The van der Waals surface area contributed by atoms with E-state index in [2.05, 4.69) is 28.5 Å². The van der Waals surface area contributed by atoms with Crippen molar-refractivity contribution in [2.45, 2.75) is 25.2 Å². The quantitative estimate of drug-likeness (QED) is 0.873. The smallest absolute Gasteiger partial charge is 0.143 e. The molecule has 1 N–H and O–H groups in total. The number of nitrogens with one attached hydrogen (secondary N) is 1. The summed E-state index contributed by atoms with van der Waals surface area (Å²) >= 11 is 0. The number of benzene rings is 1. The number of ether oxygens (including phenoxy) is 2. The first-order chi connectivity index (χ1) is 12.3. The lowest BCUT2D eigenvalue weighted by Gasteiger charge is -2.38. The fourth-order valence-electron chi connectivity index (χ4n) is 3.29. The van der Waals surface area contributed by atoms with Crippen molar-refractivity contribution in [3.63, 3.8) is 0 Å². The summed E-state index contributed by atoms with van der Waals surface area (Å²) in [6.07, 6.45) is 3.57. The molecule has 1 aliphatic rings. The molecule has 130 valence electrons. The van der Waals surface area contributed by atoms with Gasteiger partial charge in [0.05, 0.1) is 12.2 Å². The third kappa shape index (κ3) is 3.92. The summed E-state index contributed by atoms with van der Waals surface area (Å²) in [5.74, 6) is 1.53. The molecule has 1 fully saturated rings. The highest BCUT2D eigenvalue weighted by atomic mass is 16.5. The second-order valence-corrected chi connectivity index (χ2v) is 6.22. The van der Waals surface area contributed by atoms with Crippen LogP contribution in [-0.2, 0) is 10.2 Å². The summed E-state index contributed by atoms with van der Waals surface area (Å²) < 4.78 is 11.1. The third-order valence-corrected chi connectivity index (χ3v) is 4.75. The number of pyridine rings is 1. The summed E-state index contributed by atoms with van der Waals surface area (Å²) in [6.45, 7) is 4.84. The number of rotatable bonds is 6. The Hall–Kier alpha value is -2.58. The van der Waals surface area contributed by atoms with Gasteiger partial charge in [-0.1, -0.05) is 12.1 Å². The van der Waals surface area contributed by atoms with Crippen LogP contribution in [0.15, 0.2) is 42.6 Å². The van der Waals surface area contributed by atoms with Gasteiger partial charge >= 0.3 is 0 Å². The van der Waals surface area contributed by atoms with Crippen molar-refractivity contribution in [3.05, 3.63) is 53.7 Å². The molecular formula is C20H23N3O2. The summed E-state index contributed by atoms with van der Waals surface area (Å²) in [6, 6.07) is 14.1. The van der Waals surface area contributed by atoms with E-state index < -0.39 is 0 Å². The molecule has 1 saturated heterocycles. The topological polar surface area (TPSA) is 67.2 Å². The average Bonchev–Trinajstić information content (AvgIpc) is 2.68. The fraction of sp³-hybridized carbons (Fsp3) is 0.400. The lowest BCUT2D eigenvalue weighted by atomic mass is 9.74. The monoisotopic (exact) mass is 337 g/mol. The second kappa shape index (κ2) is 8.00. The molecule has 1 aromatic carbocycles. The van der Waals surface area contributed by atoms with Crippen molar-refractivity contribution >= 4 is 5.82 Å². The molecule has 0 atom stereocenters. The summed E-state index contributed by atoms with van der Waals surface area (Å²) in [4.78, 5) is 4.31. The molecule has 0 amide bonds. The van der Waals surface area contributed by atoms with E-state index in [1.807, 2.05) is 19.1 Å². The molecule has 0 bridgehead atoms. The van der Waals surface area contributed by atoms with Crippen molar-refractivity contribution < 1.29 is 9.47 Å². The molecule has 3 rings (SSSR count). The molecule has 0 spiro atoms. The maximum absolute atomic E-state index is 9.25. The SMILES string of the molecule is CCOc1ccc(C2(CNc3ncccc3C#N)CCOCC2)cc1. The Balaban J connectivity index is 1.82. The molecule has 1 aromatic heterocycles. The van der Waals surface area contributed by atoms with Gasteiger partial charge in [0.15, 0.2) is 0 Å². The highest BCUT2D eigenvalue weighted by molar-refractivity contribution is 5.52. The standard InChI is InChI=1S/C20H23N3O2/c1-2-25-18-7-5-17(6-8-18)20(9-12-24-13-10-20)15-23-19-16(14-21)4-3-11-22-19/h3-8,11H,2,9-10,12-13,15H2,1H3,(H,22,23). The first kappa shape index (κ1) is 17.2. The van der Waals surface area contributed by atoms with Gasteiger partial charge in [-0.05, 0) is 49.6 Å². The van der Waals surface area contributed by atoms with Crippen molar-refractivity contribution in [1.82, 2.24) is 4.98 Å². The maximum atomic E-state index is 9.25. The second-order valence-electron chi connectivity index (χ2n) is 6.22. The highest BCUT2D eigenvalue weighted by Gasteiger charge is 2.34. The van der Waals surface area contributed by atoms with Crippen LogP contribution in [0.1, 0.15) is 30.9 Å². The number of hydrogen-bond donors (Lipinski definition) is 1. The maximum Gasteiger partial charge on any atom is 0.143 e. The minimum absolute atomic E-state index is 0.0345. The van der Waals surface area contributed by atoms with Gasteiger partial charge in [-0.2, -0.15) is 5.26 Å². The van der Waals surface area contributed by atoms with E-state index in [1.165, 1.54) is 5.56 Å². The van der Waals surface area contributed by atoms with Crippen LogP contribution in [0.2, 0.25) is 0 Å². The fourth-order valence-corrected chi connectivity index (χ4v) is 3.29. The average molecular weight is 337 g/mol. The third-order valence-electron chi connectivity index (χ3n) is 4.75. The van der Waals surface area contributed by atoms with E-state index in [4.69, 9.17) is 9.47 Å². The number of hydrogen-bond acceptors (Lipinski definition) is 5. The summed E-state index contributed by atoms with van der Waals surface area (Å²) in [5.41, 5.74) is 1.80. The minimum atomic E-state index is -0.0345. The molecule has 5 heteroatoms. The minimum Gasteiger partial charge on any atom is -0.494 e. The number of nitriles is 1. The van der Waals surface area contributed by atoms with E-state index in [0.29, 0.717) is 18.0 Å². The van der Waals surface area contributed by atoms with Crippen LogP contribution in [0, 0.1) is 11.3 Å².